The number of nitrogens with two attached hydrogens (primary N) is 1. The number of pyridine rings is 1. The third kappa shape index (κ3) is 2.55. The van der Waals surface area contributed by atoms with Crippen LogP contribution >= 0.6 is 0 Å². The van der Waals surface area contributed by atoms with E-state index in [4.69, 9.17) is 5.73 Å². The van der Waals surface area contributed by atoms with Gasteiger partial charge in [0, 0.05) is 18.6 Å². The summed E-state index contributed by atoms with van der Waals surface area (Å²) in [5.41, 5.74) is 7.06. The van der Waals surface area contributed by atoms with Crippen LogP contribution in [0.25, 0.3) is 11.3 Å². The summed E-state index contributed by atoms with van der Waals surface area (Å²) in [6.45, 7) is 0. The highest BCUT2D eigenvalue weighted by molar-refractivity contribution is 6.12. The second kappa shape index (κ2) is 5.67. The van der Waals surface area contributed by atoms with Crippen molar-refractivity contribution in [1.82, 2.24) is 29.4 Å². The van der Waals surface area contributed by atoms with Crippen molar-refractivity contribution in [2.75, 3.05) is 11.1 Å². The van der Waals surface area contributed by atoms with Gasteiger partial charge < -0.3 is 11.1 Å². The summed E-state index contributed by atoms with van der Waals surface area (Å²) in [6, 6.07) is 3.46. The summed E-state index contributed by atoms with van der Waals surface area (Å²) in [4.78, 5) is 20.6. The molecule has 0 aliphatic rings. The average Bonchev–Trinajstić information content (AvgIpc) is 3.22. The molecule has 0 unspecified atom stereocenters. The lowest BCUT2D eigenvalue weighted by molar-refractivity contribution is 0.102. The van der Waals surface area contributed by atoms with Crippen LogP contribution in [0.3, 0.4) is 0 Å². The van der Waals surface area contributed by atoms with Gasteiger partial charge in [-0.15, -0.1) is 5.10 Å². The molecule has 0 spiro atoms. The zero-order chi connectivity index (χ0) is 17.4. The van der Waals surface area contributed by atoms with Crippen LogP contribution in [0, 0.1) is 5.82 Å². The molecule has 0 bridgehead atoms. The molecule has 0 aliphatic carbocycles. The Morgan fingerprint density at radius 1 is 1.28 bits per heavy atom. The largest absolute Gasteiger partial charge is 0.381 e. The first kappa shape index (κ1) is 14.8. The fraction of sp³-hybridized carbons (Fsp3) is 0. The predicted molar refractivity (Wildman–Crippen MR) is 86.7 cm³/mol. The first-order valence-electron chi connectivity index (χ1n) is 7.18. The van der Waals surface area contributed by atoms with Gasteiger partial charge in [0.2, 0.25) is 0 Å². The molecule has 0 saturated carbocycles. The van der Waals surface area contributed by atoms with Gasteiger partial charge in [0.15, 0.2) is 17.3 Å². The normalized spacial score (nSPS) is 10.9. The minimum absolute atomic E-state index is 0.0512. The molecule has 10 heteroatoms. The summed E-state index contributed by atoms with van der Waals surface area (Å²) in [6.07, 6.45) is 8.51. The Kier molecular flexibility index (Phi) is 3.35. The quantitative estimate of drug-likeness (QED) is 0.581. The predicted octanol–water partition coefficient (Wildman–Crippen LogP) is 1.28. The molecule has 4 aromatic heterocycles. The second-order valence-corrected chi connectivity index (χ2v) is 5.10. The van der Waals surface area contributed by atoms with Gasteiger partial charge in [-0.25, -0.2) is 18.6 Å². The zero-order valence-electron chi connectivity index (χ0n) is 12.7. The van der Waals surface area contributed by atoms with Crippen LogP contribution in [-0.4, -0.2) is 35.3 Å². The number of nitrogens with one attached hydrogen (secondary N) is 1. The maximum absolute atomic E-state index is 13.3. The first-order chi connectivity index (χ1) is 12.1. The van der Waals surface area contributed by atoms with E-state index in [1.807, 2.05) is 0 Å². The maximum atomic E-state index is 13.3. The number of carbonyl (C=O) groups is 1. The Hall–Kier alpha value is -3.82. The van der Waals surface area contributed by atoms with Crippen LogP contribution in [0.1, 0.15) is 10.4 Å². The molecule has 25 heavy (non-hydrogen) atoms. The van der Waals surface area contributed by atoms with E-state index in [9.17, 15) is 9.18 Å². The third-order valence-corrected chi connectivity index (χ3v) is 3.49. The van der Waals surface area contributed by atoms with Crippen LogP contribution in [0.4, 0.5) is 15.9 Å². The number of nitrogens with zero attached hydrogens (tertiary/aromatic N) is 6. The van der Waals surface area contributed by atoms with E-state index in [2.05, 4.69) is 25.5 Å². The molecular formula is C15H11FN8O. The molecule has 4 aromatic rings. The van der Waals surface area contributed by atoms with Crippen LogP contribution in [0.15, 0.2) is 49.3 Å². The second-order valence-electron chi connectivity index (χ2n) is 5.10. The van der Waals surface area contributed by atoms with E-state index in [1.165, 1.54) is 6.20 Å². The Morgan fingerprint density at radius 3 is 2.96 bits per heavy atom. The molecule has 0 fully saturated rings. The van der Waals surface area contributed by atoms with E-state index in [1.54, 1.807) is 35.4 Å². The molecule has 0 atom stereocenters. The number of hydrogen-bond acceptors (Lipinski definition) is 6. The highest BCUT2D eigenvalue weighted by Gasteiger charge is 2.21. The van der Waals surface area contributed by atoms with Crippen molar-refractivity contribution in [3.05, 3.63) is 60.7 Å². The number of amides is 1. The third-order valence-electron chi connectivity index (χ3n) is 3.49. The molecule has 3 N–H and O–H groups in total. The molecular weight excluding hydrogens is 327 g/mol. The van der Waals surface area contributed by atoms with Crippen molar-refractivity contribution in [3.63, 3.8) is 0 Å². The SMILES string of the molecule is Nc1nn2cc(F)cnc2c1C(=O)Nc1cnccc1-n1cccn1. The van der Waals surface area contributed by atoms with Gasteiger partial charge in [-0.1, -0.05) is 0 Å². The van der Waals surface area contributed by atoms with Crippen LogP contribution in [-0.2, 0) is 0 Å². The Bertz CT molecular complexity index is 1070. The Morgan fingerprint density at radius 2 is 2.16 bits per heavy atom. The van der Waals surface area contributed by atoms with E-state index >= 15 is 0 Å². The van der Waals surface area contributed by atoms with Gasteiger partial charge in [-0.2, -0.15) is 5.10 Å². The van der Waals surface area contributed by atoms with Gasteiger partial charge >= 0.3 is 0 Å². The summed E-state index contributed by atoms with van der Waals surface area (Å²) in [5, 5.41) is 10.8. The highest BCUT2D eigenvalue weighted by Crippen LogP contribution is 2.22. The van der Waals surface area contributed by atoms with Crippen molar-refractivity contribution >= 4 is 23.1 Å². The Labute approximate surface area is 139 Å². The molecule has 1 amide bonds. The minimum atomic E-state index is -0.588. The Balaban J connectivity index is 1.74. The van der Waals surface area contributed by atoms with Gasteiger partial charge in [0.1, 0.15) is 5.56 Å². The number of carbonyl (C=O) groups excluding carboxylic acids is 1. The fourth-order valence-electron chi connectivity index (χ4n) is 2.43. The number of anilines is 2. The molecule has 0 saturated heterocycles. The summed E-state index contributed by atoms with van der Waals surface area (Å²) in [7, 11) is 0. The van der Waals surface area contributed by atoms with Crippen molar-refractivity contribution in [1.29, 1.82) is 0 Å². The van der Waals surface area contributed by atoms with Gasteiger partial charge in [0.05, 0.1) is 30.0 Å². The number of rotatable bonds is 3. The van der Waals surface area contributed by atoms with Crippen molar-refractivity contribution in [3.8, 4) is 5.69 Å². The molecule has 4 heterocycles. The van der Waals surface area contributed by atoms with Gasteiger partial charge in [-0.05, 0) is 12.1 Å². The van der Waals surface area contributed by atoms with Crippen molar-refractivity contribution < 1.29 is 9.18 Å². The molecule has 4 rings (SSSR count). The summed E-state index contributed by atoms with van der Waals surface area (Å²) < 4.78 is 16.0. The standard InChI is InChI=1S/C15H11FN8O/c16-9-6-19-14-12(13(17)22-24(14)8-9)15(25)21-10-7-18-4-2-11(10)23-5-1-3-20-23/h1-8H,(H2,17,22)(H,21,25). The van der Waals surface area contributed by atoms with Crippen LogP contribution < -0.4 is 11.1 Å². The first-order valence-corrected chi connectivity index (χ1v) is 7.18. The summed E-state index contributed by atoms with van der Waals surface area (Å²) in [5.74, 6) is -1.18. The highest BCUT2D eigenvalue weighted by atomic mass is 19.1. The number of fused-ring (bicyclic) bond motifs is 1. The van der Waals surface area contributed by atoms with Crippen LogP contribution in [0.5, 0.6) is 0 Å². The smallest absolute Gasteiger partial charge is 0.263 e. The number of nitrogen functional groups attached to an aromatic ring is 1. The zero-order valence-corrected chi connectivity index (χ0v) is 12.7. The monoisotopic (exact) mass is 338 g/mol. The minimum Gasteiger partial charge on any atom is -0.381 e. The van der Waals surface area contributed by atoms with E-state index in [0.717, 1.165) is 16.9 Å². The molecule has 0 aliphatic heterocycles. The molecule has 124 valence electrons. The van der Waals surface area contributed by atoms with E-state index in [0.29, 0.717) is 11.4 Å². The van der Waals surface area contributed by atoms with E-state index < -0.39 is 11.7 Å². The van der Waals surface area contributed by atoms with Crippen molar-refractivity contribution in [2.24, 2.45) is 0 Å². The molecule has 0 aromatic carbocycles. The lowest BCUT2D eigenvalue weighted by Gasteiger charge is -2.10. The van der Waals surface area contributed by atoms with Gasteiger partial charge in [-0.3, -0.25) is 9.78 Å². The molecule has 9 nitrogen and oxygen atoms in total. The number of halogens is 1. The number of hydrogen-bond donors (Lipinski definition) is 2. The topological polar surface area (TPSA) is 116 Å². The van der Waals surface area contributed by atoms with E-state index in [-0.39, 0.29) is 17.0 Å². The summed E-state index contributed by atoms with van der Waals surface area (Å²) >= 11 is 0. The number of aromatic nitrogens is 6. The fourth-order valence-corrected chi connectivity index (χ4v) is 2.43. The van der Waals surface area contributed by atoms with Crippen molar-refractivity contribution in [2.45, 2.75) is 0 Å². The lowest BCUT2D eigenvalue weighted by atomic mass is 10.2. The lowest BCUT2D eigenvalue weighted by Crippen LogP contribution is -2.16. The molecule has 0 radical (unpaired) electrons. The average molecular weight is 338 g/mol. The van der Waals surface area contributed by atoms with Crippen LogP contribution in [0.2, 0.25) is 0 Å². The maximum Gasteiger partial charge on any atom is 0.263 e. The van der Waals surface area contributed by atoms with Gasteiger partial charge in [0.25, 0.3) is 5.91 Å².